The van der Waals surface area contributed by atoms with Crippen molar-refractivity contribution in [3.63, 3.8) is 0 Å². The number of hydrogen-bond acceptors (Lipinski definition) is 2. The lowest BCUT2D eigenvalue weighted by Gasteiger charge is -2.14. The van der Waals surface area contributed by atoms with Crippen molar-refractivity contribution in [3.8, 4) is 0 Å². The van der Waals surface area contributed by atoms with Crippen LogP contribution in [0.25, 0.3) is 0 Å². The lowest BCUT2D eigenvalue weighted by molar-refractivity contribution is -0.143. The number of amides is 1. The third kappa shape index (κ3) is 3.01. The van der Waals surface area contributed by atoms with Gasteiger partial charge < -0.3 is 10.0 Å². The van der Waals surface area contributed by atoms with Crippen LogP contribution in [0.4, 0.5) is 0 Å². The van der Waals surface area contributed by atoms with Gasteiger partial charge in [0.2, 0.25) is 5.91 Å². The molecule has 1 aliphatic rings. The van der Waals surface area contributed by atoms with Gasteiger partial charge in [-0.3, -0.25) is 9.59 Å². The Balaban J connectivity index is 2.34. The first-order valence-electron chi connectivity index (χ1n) is 5.13. The van der Waals surface area contributed by atoms with E-state index >= 15 is 0 Å². The van der Waals surface area contributed by atoms with E-state index in [4.69, 9.17) is 5.11 Å². The van der Waals surface area contributed by atoms with Gasteiger partial charge in [0.05, 0.1) is 0 Å². The molecule has 0 spiro atoms. The molecule has 1 unspecified atom stereocenters. The quantitative estimate of drug-likeness (QED) is 0.690. The summed E-state index contributed by atoms with van der Waals surface area (Å²) in [6.07, 6.45) is 2.93. The highest BCUT2D eigenvalue weighted by atomic mass is 16.4. The van der Waals surface area contributed by atoms with Gasteiger partial charge in [-0.25, -0.2) is 0 Å². The second-order valence-corrected chi connectivity index (χ2v) is 3.85. The lowest BCUT2D eigenvalue weighted by Crippen LogP contribution is -2.30. The fraction of sp³-hybridized carbons (Fsp3) is 0.800. The van der Waals surface area contributed by atoms with Crippen molar-refractivity contribution in [3.05, 3.63) is 0 Å². The Labute approximate surface area is 83.9 Å². The van der Waals surface area contributed by atoms with Gasteiger partial charge in [0, 0.05) is 13.1 Å². The van der Waals surface area contributed by atoms with Gasteiger partial charge in [0.1, 0.15) is 6.42 Å². The average molecular weight is 199 g/mol. The predicted molar refractivity (Wildman–Crippen MR) is 51.8 cm³/mol. The van der Waals surface area contributed by atoms with Crippen molar-refractivity contribution in [1.29, 1.82) is 0 Å². The van der Waals surface area contributed by atoms with Crippen LogP contribution in [0, 0.1) is 5.92 Å². The van der Waals surface area contributed by atoms with Gasteiger partial charge in [0.25, 0.3) is 0 Å². The standard InChI is InChI=1S/C10H17NO3/c1-2-3-8-4-5-11(7-8)9(12)6-10(13)14/h8H,2-7H2,1H3,(H,13,14). The van der Waals surface area contributed by atoms with Crippen LogP contribution < -0.4 is 0 Å². The van der Waals surface area contributed by atoms with Crippen molar-refractivity contribution in [1.82, 2.24) is 4.90 Å². The lowest BCUT2D eigenvalue weighted by atomic mass is 10.0. The van der Waals surface area contributed by atoms with E-state index < -0.39 is 5.97 Å². The van der Waals surface area contributed by atoms with Gasteiger partial charge in [0.15, 0.2) is 0 Å². The summed E-state index contributed by atoms with van der Waals surface area (Å²) < 4.78 is 0. The zero-order valence-corrected chi connectivity index (χ0v) is 8.53. The molecule has 1 rings (SSSR count). The SMILES string of the molecule is CCCC1CCN(C(=O)CC(=O)O)C1. The van der Waals surface area contributed by atoms with Gasteiger partial charge in [-0.1, -0.05) is 13.3 Å². The topological polar surface area (TPSA) is 57.6 Å². The van der Waals surface area contributed by atoms with Gasteiger partial charge in [-0.05, 0) is 18.8 Å². The normalized spacial score (nSPS) is 21.2. The smallest absolute Gasteiger partial charge is 0.312 e. The fourth-order valence-electron chi connectivity index (χ4n) is 1.94. The zero-order valence-electron chi connectivity index (χ0n) is 8.53. The van der Waals surface area contributed by atoms with Crippen molar-refractivity contribution in [2.75, 3.05) is 13.1 Å². The average Bonchev–Trinajstić information content (AvgIpc) is 2.52. The molecule has 1 heterocycles. The molecule has 1 aliphatic heterocycles. The summed E-state index contributed by atoms with van der Waals surface area (Å²) in [4.78, 5) is 23.4. The molecule has 0 aromatic carbocycles. The third-order valence-electron chi connectivity index (χ3n) is 2.64. The molecule has 80 valence electrons. The maximum absolute atomic E-state index is 11.4. The number of rotatable bonds is 4. The van der Waals surface area contributed by atoms with Crippen molar-refractivity contribution in [2.45, 2.75) is 32.6 Å². The maximum Gasteiger partial charge on any atom is 0.312 e. The highest BCUT2D eigenvalue weighted by molar-refractivity contribution is 5.93. The van der Waals surface area contributed by atoms with Crippen molar-refractivity contribution < 1.29 is 14.7 Å². The predicted octanol–water partition coefficient (Wildman–Crippen LogP) is 1.11. The molecule has 1 fully saturated rings. The van der Waals surface area contributed by atoms with Gasteiger partial charge in [-0.15, -0.1) is 0 Å². The number of carbonyl (C=O) groups is 2. The molecule has 0 aromatic heterocycles. The number of likely N-dealkylation sites (tertiary alicyclic amines) is 1. The number of hydrogen-bond donors (Lipinski definition) is 1. The summed E-state index contributed by atoms with van der Waals surface area (Å²) in [5.41, 5.74) is 0. The van der Waals surface area contributed by atoms with E-state index in [1.165, 1.54) is 0 Å². The summed E-state index contributed by atoms with van der Waals surface area (Å²) in [6.45, 7) is 3.61. The summed E-state index contributed by atoms with van der Waals surface area (Å²) in [5, 5.41) is 8.47. The highest BCUT2D eigenvalue weighted by Gasteiger charge is 2.26. The Hall–Kier alpha value is -1.06. The molecular weight excluding hydrogens is 182 g/mol. The Morgan fingerprint density at radius 1 is 1.50 bits per heavy atom. The summed E-state index contributed by atoms with van der Waals surface area (Å²) in [7, 11) is 0. The maximum atomic E-state index is 11.4. The van der Waals surface area contributed by atoms with Gasteiger partial charge >= 0.3 is 5.97 Å². The van der Waals surface area contributed by atoms with Crippen LogP contribution in [0.15, 0.2) is 0 Å². The molecule has 1 amide bonds. The van der Waals surface area contributed by atoms with Crippen molar-refractivity contribution >= 4 is 11.9 Å². The summed E-state index contributed by atoms with van der Waals surface area (Å²) >= 11 is 0. The Kier molecular flexibility index (Phi) is 3.92. The minimum absolute atomic E-state index is 0.240. The monoisotopic (exact) mass is 199 g/mol. The van der Waals surface area contributed by atoms with Crippen LogP contribution in [-0.2, 0) is 9.59 Å². The third-order valence-corrected chi connectivity index (χ3v) is 2.64. The number of aliphatic carboxylic acids is 1. The molecule has 14 heavy (non-hydrogen) atoms. The van der Waals surface area contributed by atoms with E-state index in [-0.39, 0.29) is 12.3 Å². The molecular formula is C10H17NO3. The van der Waals surface area contributed by atoms with E-state index in [0.717, 1.165) is 32.4 Å². The Bertz CT molecular complexity index is 227. The van der Waals surface area contributed by atoms with E-state index in [1.54, 1.807) is 4.90 Å². The Morgan fingerprint density at radius 2 is 2.21 bits per heavy atom. The molecule has 1 saturated heterocycles. The van der Waals surface area contributed by atoms with E-state index in [1.807, 2.05) is 0 Å². The molecule has 4 heteroatoms. The molecule has 0 aromatic rings. The molecule has 1 N–H and O–H groups in total. The first kappa shape index (κ1) is 11.0. The van der Waals surface area contributed by atoms with E-state index in [0.29, 0.717) is 5.92 Å². The van der Waals surface area contributed by atoms with Crippen LogP contribution in [0.5, 0.6) is 0 Å². The van der Waals surface area contributed by atoms with Crippen LogP contribution in [0.3, 0.4) is 0 Å². The summed E-state index contributed by atoms with van der Waals surface area (Å²) in [6, 6.07) is 0. The first-order chi connectivity index (χ1) is 6.63. The zero-order chi connectivity index (χ0) is 10.6. The second kappa shape index (κ2) is 4.98. The molecule has 4 nitrogen and oxygen atoms in total. The Morgan fingerprint density at radius 3 is 2.79 bits per heavy atom. The molecule has 0 saturated carbocycles. The molecule has 1 atom stereocenters. The van der Waals surface area contributed by atoms with E-state index in [2.05, 4.69) is 6.92 Å². The largest absolute Gasteiger partial charge is 0.481 e. The summed E-state index contributed by atoms with van der Waals surface area (Å²) in [5.74, 6) is -0.692. The second-order valence-electron chi connectivity index (χ2n) is 3.85. The number of carbonyl (C=O) groups excluding carboxylic acids is 1. The van der Waals surface area contributed by atoms with Crippen LogP contribution >= 0.6 is 0 Å². The van der Waals surface area contributed by atoms with Crippen LogP contribution in [-0.4, -0.2) is 35.0 Å². The van der Waals surface area contributed by atoms with Crippen molar-refractivity contribution in [2.24, 2.45) is 5.92 Å². The molecule has 0 aliphatic carbocycles. The highest BCUT2D eigenvalue weighted by Crippen LogP contribution is 2.21. The number of carboxylic acid groups (broad SMARTS) is 1. The molecule has 0 bridgehead atoms. The number of nitrogens with zero attached hydrogens (tertiary/aromatic N) is 1. The number of carboxylic acids is 1. The molecule has 0 radical (unpaired) electrons. The van der Waals surface area contributed by atoms with Gasteiger partial charge in [-0.2, -0.15) is 0 Å². The minimum atomic E-state index is -1.03. The van der Waals surface area contributed by atoms with Crippen LogP contribution in [0.1, 0.15) is 32.6 Å². The fourth-order valence-corrected chi connectivity index (χ4v) is 1.94. The van der Waals surface area contributed by atoms with E-state index in [9.17, 15) is 9.59 Å². The first-order valence-corrected chi connectivity index (χ1v) is 5.13. The minimum Gasteiger partial charge on any atom is -0.481 e. The van der Waals surface area contributed by atoms with Crippen LogP contribution in [0.2, 0.25) is 0 Å².